The fourth-order valence-electron chi connectivity index (χ4n) is 5.39. The maximum Gasteiger partial charge on any atom is 0.262 e. The van der Waals surface area contributed by atoms with E-state index in [0.717, 1.165) is 42.0 Å². The molecule has 36 heavy (non-hydrogen) atoms. The summed E-state index contributed by atoms with van der Waals surface area (Å²) in [6, 6.07) is 8.58. The number of rotatable bonds is 6. The predicted molar refractivity (Wildman–Crippen MR) is 132 cm³/mol. The molecule has 1 aliphatic carbocycles. The number of amides is 4. The molecule has 1 aromatic carbocycles. The quantitative estimate of drug-likeness (QED) is 0.366. The van der Waals surface area contributed by atoms with Crippen molar-refractivity contribution in [2.75, 3.05) is 7.05 Å². The Hall–Kier alpha value is -3.72. The van der Waals surface area contributed by atoms with Crippen molar-refractivity contribution in [3.63, 3.8) is 0 Å². The van der Waals surface area contributed by atoms with E-state index >= 15 is 0 Å². The minimum Gasteiger partial charge on any atom is -0.309 e. The summed E-state index contributed by atoms with van der Waals surface area (Å²) in [6.07, 6.45) is 10.6. The topological polar surface area (TPSA) is 111 Å². The van der Waals surface area contributed by atoms with Gasteiger partial charge < -0.3 is 5.32 Å². The highest BCUT2D eigenvalue weighted by atomic mass is 16.2. The molecule has 3 heterocycles. The molecule has 2 unspecified atom stereocenters. The second kappa shape index (κ2) is 10.1. The Labute approximate surface area is 209 Å². The molecule has 0 radical (unpaired) electrons. The molecule has 0 bridgehead atoms. The van der Waals surface area contributed by atoms with E-state index in [2.05, 4.69) is 27.9 Å². The summed E-state index contributed by atoms with van der Waals surface area (Å²) < 4.78 is 2.02. The molecule has 0 spiro atoms. The van der Waals surface area contributed by atoms with Crippen LogP contribution in [0.2, 0.25) is 0 Å². The standard InChI is InChI=1S/C27H29N5O4/c1-31(16-18-6-2-3-7-22(18)29-15-17-5-4-12-28-14-17)19-8-9-20-21(13-19)27(36)32(26(20)35)23-10-11-24(33)30-25(23)34/h4-5,8-9,12-14,16,18,22-23,29H,2-3,6-7,10-11,15H2,1H3/p+1/b31-16+/t18?,22-,23?/m0/s1. The minimum atomic E-state index is -0.961. The van der Waals surface area contributed by atoms with Crippen molar-refractivity contribution in [3.8, 4) is 0 Å². The van der Waals surface area contributed by atoms with Crippen molar-refractivity contribution >= 4 is 35.5 Å². The Kier molecular flexibility index (Phi) is 6.73. The van der Waals surface area contributed by atoms with Crippen LogP contribution in [0, 0.1) is 5.92 Å². The van der Waals surface area contributed by atoms with Gasteiger partial charge in [0.2, 0.25) is 17.5 Å². The molecule has 186 valence electrons. The van der Waals surface area contributed by atoms with Gasteiger partial charge in [0, 0.05) is 43.5 Å². The van der Waals surface area contributed by atoms with Gasteiger partial charge in [-0.05, 0) is 37.0 Å². The minimum absolute atomic E-state index is 0.101. The summed E-state index contributed by atoms with van der Waals surface area (Å²) in [6.45, 7) is 0.762. The van der Waals surface area contributed by atoms with Gasteiger partial charge in [-0.2, -0.15) is 0 Å². The van der Waals surface area contributed by atoms with Gasteiger partial charge in [-0.1, -0.05) is 18.9 Å². The number of aromatic nitrogens is 1. The average Bonchev–Trinajstić information content (AvgIpc) is 3.13. The summed E-state index contributed by atoms with van der Waals surface area (Å²) in [5.74, 6) is -1.65. The number of benzene rings is 1. The average molecular weight is 489 g/mol. The third kappa shape index (κ3) is 4.70. The molecule has 1 aromatic heterocycles. The number of imide groups is 2. The Morgan fingerprint density at radius 3 is 2.67 bits per heavy atom. The molecule has 2 fully saturated rings. The van der Waals surface area contributed by atoms with Crippen molar-refractivity contribution in [2.24, 2.45) is 5.92 Å². The van der Waals surface area contributed by atoms with Gasteiger partial charge in [-0.3, -0.25) is 34.4 Å². The van der Waals surface area contributed by atoms with E-state index in [-0.39, 0.29) is 29.9 Å². The molecule has 9 heteroatoms. The van der Waals surface area contributed by atoms with E-state index in [1.165, 1.54) is 6.42 Å². The van der Waals surface area contributed by atoms with Gasteiger partial charge in [0.05, 0.1) is 17.0 Å². The lowest BCUT2D eigenvalue weighted by atomic mass is 9.85. The van der Waals surface area contributed by atoms with Gasteiger partial charge >= 0.3 is 0 Å². The molecule has 2 N–H and O–H groups in total. The lowest BCUT2D eigenvalue weighted by molar-refractivity contribution is -0.402. The third-order valence-electron chi connectivity index (χ3n) is 7.36. The summed E-state index contributed by atoms with van der Waals surface area (Å²) >= 11 is 0. The second-order valence-corrected chi connectivity index (χ2v) is 9.73. The summed E-state index contributed by atoms with van der Waals surface area (Å²) in [7, 11) is 1.95. The van der Waals surface area contributed by atoms with Crippen LogP contribution in [0.1, 0.15) is 64.8 Å². The van der Waals surface area contributed by atoms with Crippen LogP contribution in [0.15, 0.2) is 42.7 Å². The number of hydrogen-bond donors (Lipinski definition) is 2. The number of nitrogens with zero attached hydrogens (tertiary/aromatic N) is 3. The SMILES string of the molecule is C/[N+](=C\C1CCCC[C@@H]1NCc1cccnc1)c1ccc2c(c1)C(=O)N(C1CCC(=O)NC1=O)C2=O. The maximum absolute atomic E-state index is 13.2. The number of hydrogen-bond acceptors (Lipinski definition) is 6. The molecule has 3 atom stereocenters. The van der Waals surface area contributed by atoms with Crippen molar-refractivity contribution in [1.82, 2.24) is 20.5 Å². The van der Waals surface area contributed by atoms with Crippen molar-refractivity contribution in [2.45, 2.75) is 57.2 Å². The molecule has 9 nitrogen and oxygen atoms in total. The second-order valence-electron chi connectivity index (χ2n) is 9.73. The van der Waals surface area contributed by atoms with E-state index in [1.54, 1.807) is 18.3 Å². The third-order valence-corrected chi connectivity index (χ3v) is 7.36. The van der Waals surface area contributed by atoms with Crippen molar-refractivity contribution in [3.05, 3.63) is 59.4 Å². The summed E-state index contributed by atoms with van der Waals surface area (Å²) in [5, 5.41) is 5.91. The van der Waals surface area contributed by atoms with Crippen LogP contribution in [-0.4, -0.2) is 63.4 Å². The van der Waals surface area contributed by atoms with Gasteiger partial charge in [-0.15, -0.1) is 0 Å². The first-order chi connectivity index (χ1) is 17.4. The first-order valence-electron chi connectivity index (χ1n) is 12.5. The molecule has 4 amide bonds. The lowest BCUT2D eigenvalue weighted by Crippen LogP contribution is -2.54. The van der Waals surface area contributed by atoms with Crippen LogP contribution < -0.4 is 10.6 Å². The molecule has 5 rings (SSSR count). The van der Waals surface area contributed by atoms with Crippen LogP contribution in [-0.2, 0) is 16.1 Å². The molecule has 2 aliphatic heterocycles. The molecular formula is C27H30N5O4+. The fourth-order valence-corrected chi connectivity index (χ4v) is 5.39. The summed E-state index contributed by atoms with van der Waals surface area (Å²) in [5.41, 5.74) is 2.53. The summed E-state index contributed by atoms with van der Waals surface area (Å²) in [4.78, 5) is 55.1. The zero-order valence-corrected chi connectivity index (χ0v) is 20.3. The maximum atomic E-state index is 13.2. The Morgan fingerprint density at radius 2 is 1.89 bits per heavy atom. The number of nitrogens with one attached hydrogen (secondary N) is 2. The normalized spacial score (nSPS) is 24.6. The van der Waals surface area contributed by atoms with Crippen LogP contribution in [0.5, 0.6) is 0 Å². The highest BCUT2D eigenvalue weighted by Gasteiger charge is 2.45. The van der Waals surface area contributed by atoms with E-state index in [9.17, 15) is 19.2 Å². The van der Waals surface area contributed by atoms with Gasteiger partial charge in [0.25, 0.3) is 11.8 Å². The largest absolute Gasteiger partial charge is 0.309 e. The molecule has 1 saturated heterocycles. The fraction of sp³-hybridized carbons (Fsp3) is 0.407. The first kappa shape index (κ1) is 24.0. The first-order valence-corrected chi connectivity index (χ1v) is 12.5. The highest BCUT2D eigenvalue weighted by Crippen LogP contribution is 2.30. The zero-order chi connectivity index (χ0) is 25.2. The lowest BCUT2D eigenvalue weighted by Gasteiger charge is -2.28. The van der Waals surface area contributed by atoms with Crippen LogP contribution in [0.25, 0.3) is 0 Å². The number of carbonyl (C=O) groups is 4. The number of piperidine rings is 1. The molecule has 2 aromatic rings. The monoisotopic (exact) mass is 488 g/mol. The Morgan fingerprint density at radius 1 is 1.08 bits per heavy atom. The van der Waals surface area contributed by atoms with Crippen molar-refractivity contribution in [1.29, 1.82) is 0 Å². The molecular weight excluding hydrogens is 458 g/mol. The van der Waals surface area contributed by atoms with Crippen LogP contribution >= 0.6 is 0 Å². The van der Waals surface area contributed by atoms with Gasteiger partial charge in [0.15, 0.2) is 0 Å². The Balaban J connectivity index is 1.33. The van der Waals surface area contributed by atoms with E-state index < -0.39 is 23.8 Å². The highest BCUT2D eigenvalue weighted by molar-refractivity contribution is 6.23. The molecule has 1 saturated carbocycles. The van der Waals surface area contributed by atoms with Gasteiger partial charge in [0.1, 0.15) is 19.3 Å². The number of fused-ring (bicyclic) bond motifs is 1. The van der Waals surface area contributed by atoms with E-state index in [1.807, 2.05) is 30.0 Å². The number of pyridine rings is 1. The molecule has 3 aliphatic rings. The van der Waals surface area contributed by atoms with Crippen LogP contribution in [0.4, 0.5) is 5.69 Å². The van der Waals surface area contributed by atoms with E-state index in [4.69, 9.17) is 0 Å². The van der Waals surface area contributed by atoms with Gasteiger partial charge in [-0.25, -0.2) is 4.58 Å². The van der Waals surface area contributed by atoms with E-state index in [0.29, 0.717) is 12.0 Å². The van der Waals surface area contributed by atoms with Crippen LogP contribution in [0.3, 0.4) is 0 Å². The predicted octanol–water partition coefficient (Wildman–Crippen LogP) is 2.18. The smallest absolute Gasteiger partial charge is 0.262 e. The van der Waals surface area contributed by atoms with Crippen molar-refractivity contribution < 1.29 is 23.8 Å². The number of carbonyl (C=O) groups excluding carboxylic acids is 4. The zero-order valence-electron chi connectivity index (χ0n) is 20.3. The Bertz CT molecular complexity index is 1240.